The Bertz CT molecular complexity index is 283. The van der Waals surface area contributed by atoms with Crippen LogP contribution in [0.1, 0.15) is 20.3 Å². The van der Waals surface area contributed by atoms with Crippen molar-refractivity contribution < 1.29 is 19.1 Å². The summed E-state index contributed by atoms with van der Waals surface area (Å²) in [5.41, 5.74) is 1.05. The molecule has 0 aliphatic carbocycles. The van der Waals surface area contributed by atoms with E-state index in [4.69, 9.17) is 19.1 Å². The molecule has 0 saturated carbocycles. The van der Waals surface area contributed by atoms with Crippen molar-refractivity contribution in [3.8, 4) is 0 Å². The summed E-state index contributed by atoms with van der Waals surface area (Å²) < 4.78 is 11.2. The average molecular weight is 230 g/mol. The third kappa shape index (κ3) is 2.93. The van der Waals surface area contributed by atoms with E-state index in [1.54, 1.807) is 13.8 Å². The zero-order valence-corrected chi connectivity index (χ0v) is 10.1. The van der Waals surface area contributed by atoms with E-state index < -0.39 is 5.79 Å². The molecule has 0 N–H and O–H groups in total. The Hall–Kier alpha value is -1.14. The highest BCUT2D eigenvalue weighted by atomic mass is 16.7. The molecule has 0 radical (unpaired) electrons. The molecule has 1 saturated heterocycles. The van der Waals surface area contributed by atoms with Gasteiger partial charge in [-0.25, -0.2) is 0 Å². The van der Waals surface area contributed by atoms with Crippen molar-refractivity contribution in [1.29, 1.82) is 0 Å². The van der Waals surface area contributed by atoms with Gasteiger partial charge in [-0.2, -0.15) is 0 Å². The van der Waals surface area contributed by atoms with Gasteiger partial charge in [-0.05, 0) is 20.3 Å². The van der Waals surface area contributed by atoms with Gasteiger partial charge in [0.2, 0.25) is 5.79 Å². The number of rotatable bonds is 4. The molecule has 6 heteroatoms. The normalized spacial score (nSPS) is 21.8. The second kappa shape index (κ2) is 5.81. The third-order valence-corrected chi connectivity index (χ3v) is 2.23. The second-order valence-corrected chi connectivity index (χ2v) is 3.48. The van der Waals surface area contributed by atoms with Gasteiger partial charge in [-0.1, -0.05) is 10.3 Å². The Balaban J connectivity index is 2.92. The summed E-state index contributed by atoms with van der Waals surface area (Å²) >= 11 is 0. The molecule has 1 heterocycles. The van der Waals surface area contributed by atoms with Crippen LogP contribution in [-0.2, 0) is 19.1 Å². The molecule has 1 aliphatic heterocycles. The van der Waals surface area contributed by atoms with Gasteiger partial charge in [0, 0.05) is 0 Å². The summed E-state index contributed by atoms with van der Waals surface area (Å²) in [6.45, 7) is 4.80. The predicted octanol–water partition coefficient (Wildman–Crippen LogP) is 1.16. The van der Waals surface area contributed by atoms with Crippen LogP contribution in [0.25, 0.3) is 0 Å². The van der Waals surface area contributed by atoms with Crippen LogP contribution in [0.3, 0.4) is 0 Å². The van der Waals surface area contributed by atoms with Gasteiger partial charge in [-0.15, -0.1) is 0 Å². The van der Waals surface area contributed by atoms with Crippen molar-refractivity contribution >= 4 is 11.4 Å². The molecule has 6 nitrogen and oxygen atoms in total. The van der Waals surface area contributed by atoms with Gasteiger partial charge in [-0.3, -0.25) is 0 Å². The number of hydrogen-bond acceptors (Lipinski definition) is 6. The smallest absolute Gasteiger partial charge is 0.214 e. The lowest BCUT2D eigenvalue weighted by molar-refractivity contribution is -0.210. The summed E-state index contributed by atoms with van der Waals surface area (Å²) in [7, 11) is 2.94. The summed E-state index contributed by atoms with van der Waals surface area (Å²) in [5.74, 6) is -0.916. The Labute approximate surface area is 95.2 Å². The number of ether oxygens (including phenoxy) is 2. The SMILES string of the molecule is CO/N=C(C)/C(=N\OC)C1(C)OCCCO1. The lowest BCUT2D eigenvalue weighted by atomic mass is 10.1. The Morgan fingerprint density at radius 3 is 2.19 bits per heavy atom. The monoisotopic (exact) mass is 230 g/mol. The minimum atomic E-state index is -0.916. The third-order valence-electron chi connectivity index (χ3n) is 2.23. The maximum absolute atomic E-state index is 5.58. The largest absolute Gasteiger partial charge is 0.399 e. The highest BCUT2D eigenvalue weighted by Crippen LogP contribution is 2.21. The van der Waals surface area contributed by atoms with E-state index >= 15 is 0 Å². The van der Waals surface area contributed by atoms with E-state index in [9.17, 15) is 0 Å². The molecular weight excluding hydrogens is 212 g/mol. The first-order valence-corrected chi connectivity index (χ1v) is 5.11. The lowest BCUT2D eigenvalue weighted by Crippen LogP contribution is -2.48. The van der Waals surface area contributed by atoms with Crippen LogP contribution < -0.4 is 0 Å². The van der Waals surface area contributed by atoms with E-state index in [0.717, 1.165) is 6.42 Å². The molecule has 0 aromatic rings. The van der Waals surface area contributed by atoms with E-state index in [-0.39, 0.29) is 0 Å². The fourth-order valence-corrected chi connectivity index (χ4v) is 1.52. The Morgan fingerprint density at radius 2 is 1.69 bits per heavy atom. The van der Waals surface area contributed by atoms with Gasteiger partial charge in [0.05, 0.1) is 13.2 Å². The number of oxime groups is 2. The van der Waals surface area contributed by atoms with Crippen molar-refractivity contribution in [2.45, 2.75) is 26.1 Å². The zero-order chi connectivity index (χ0) is 12.0. The summed E-state index contributed by atoms with van der Waals surface area (Å²) in [6, 6.07) is 0. The maximum atomic E-state index is 5.58. The molecule has 1 rings (SSSR count). The molecule has 0 amide bonds. The Morgan fingerprint density at radius 1 is 1.12 bits per heavy atom. The lowest BCUT2D eigenvalue weighted by Gasteiger charge is -2.33. The minimum Gasteiger partial charge on any atom is -0.399 e. The van der Waals surface area contributed by atoms with Crippen molar-refractivity contribution in [3.05, 3.63) is 0 Å². The number of hydrogen-bond donors (Lipinski definition) is 0. The van der Waals surface area contributed by atoms with Crippen molar-refractivity contribution in [3.63, 3.8) is 0 Å². The van der Waals surface area contributed by atoms with E-state index in [0.29, 0.717) is 24.6 Å². The predicted molar refractivity (Wildman–Crippen MR) is 59.5 cm³/mol. The van der Waals surface area contributed by atoms with E-state index in [1.165, 1.54) is 14.2 Å². The van der Waals surface area contributed by atoms with Crippen LogP contribution in [0.4, 0.5) is 0 Å². The Kier molecular flexibility index (Phi) is 4.70. The number of nitrogens with zero attached hydrogens (tertiary/aromatic N) is 2. The molecule has 0 spiro atoms. The van der Waals surface area contributed by atoms with Crippen molar-refractivity contribution in [1.82, 2.24) is 0 Å². The molecule has 16 heavy (non-hydrogen) atoms. The summed E-state index contributed by atoms with van der Waals surface area (Å²) in [4.78, 5) is 9.49. The minimum absolute atomic E-state index is 0.483. The topological polar surface area (TPSA) is 61.6 Å². The van der Waals surface area contributed by atoms with Gasteiger partial charge in [0.15, 0.2) is 5.71 Å². The second-order valence-electron chi connectivity index (χ2n) is 3.48. The average Bonchev–Trinajstić information content (AvgIpc) is 2.27. The van der Waals surface area contributed by atoms with Crippen molar-refractivity contribution in [2.24, 2.45) is 10.3 Å². The molecule has 0 atom stereocenters. The van der Waals surface area contributed by atoms with E-state index in [1.807, 2.05) is 0 Å². The standard InChI is InChI=1S/C10H18N2O4/c1-8(11-13-3)9(12-14-4)10(2)15-6-5-7-16-10/h5-7H2,1-4H3/b11-8+,12-9+. The molecule has 0 aromatic heterocycles. The van der Waals surface area contributed by atoms with Gasteiger partial charge >= 0.3 is 0 Å². The maximum Gasteiger partial charge on any atom is 0.214 e. The van der Waals surface area contributed by atoms with Crippen LogP contribution >= 0.6 is 0 Å². The molecule has 1 aliphatic rings. The summed E-state index contributed by atoms with van der Waals surface area (Å²) in [6.07, 6.45) is 0.871. The molecule has 92 valence electrons. The summed E-state index contributed by atoms with van der Waals surface area (Å²) in [5, 5.41) is 7.70. The fourth-order valence-electron chi connectivity index (χ4n) is 1.52. The molecule has 1 fully saturated rings. The van der Waals surface area contributed by atoms with Crippen molar-refractivity contribution in [2.75, 3.05) is 27.4 Å². The first kappa shape index (κ1) is 12.9. The van der Waals surface area contributed by atoms with Gasteiger partial charge in [0.1, 0.15) is 19.9 Å². The zero-order valence-electron chi connectivity index (χ0n) is 10.1. The van der Waals surface area contributed by atoms with Gasteiger partial charge in [0.25, 0.3) is 0 Å². The molecular formula is C10H18N2O4. The highest BCUT2D eigenvalue weighted by Gasteiger charge is 2.38. The first-order chi connectivity index (χ1) is 7.64. The van der Waals surface area contributed by atoms with Crippen LogP contribution in [0.15, 0.2) is 10.3 Å². The van der Waals surface area contributed by atoms with Crippen LogP contribution in [0.2, 0.25) is 0 Å². The highest BCUT2D eigenvalue weighted by molar-refractivity contribution is 6.43. The van der Waals surface area contributed by atoms with E-state index in [2.05, 4.69) is 10.3 Å². The molecule has 0 bridgehead atoms. The van der Waals surface area contributed by atoms with Gasteiger partial charge < -0.3 is 19.1 Å². The van der Waals surface area contributed by atoms with Crippen LogP contribution in [0, 0.1) is 0 Å². The fraction of sp³-hybridized carbons (Fsp3) is 0.800. The molecule has 0 aromatic carbocycles. The quantitative estimate of drug-likeness (QED) is 0.537. The van der Waals surface area contributed by atoms with Crippen LogP contribution in [0.5, 0.6) is 0 Å². The first-order valence-electron chi connectivity index (χ1n) is 5.11. The molecule has 0 unspecified atom stereocenters. The van der Waals surface area contributed by atoms with Crippen LogP contribution in [-0.4, -0.2) is 44.6 Å².